The zero-order valence-corrected chi connectivity index (χ0v) is 19.7. The number of anilines is 3. The minimum absolute atomic E-state index is 0.103. The van der Waals surface area contributed by atoms with Crippen LogP contribution in [0.15, 0.2) is 36.4 Å². The van der Waals surface area contributed by atoms with Gasteiger partial charge < -0.3 is 20.4 Å². The van der Waals surface area contributed by atoms with Crippen LogP contribution in [0.4, 0.5) is 17.6 Å². The molecule has 2 aromatic rings. The van der Waals surface area contributed by atoms with E-state index < -0.39 is 0 Å². The molecular formula is C24H34N6S. The van der Waals surface area contributed by atoms with Crippen molar-refractivity contribution >= 4 is 34.9 Å². The van der Waals surface area contributed by atoms with Gasteiger partial charge in [-0.3, -0.25) is 0 Å². The van der Waals surface area contributed by atoms with Gasteiger partial charge in [-0.1, -0.05) is 44.2 Å². The van der Waals surface area contributed by atoms with Crippen molar-refractivity contribution in [3.63, 3.8) is 0 Å². The number of hydrogen-bond acceptors (Lipinski definition) is 5. The van der Waals surface area contributed by atoms with E-state index in [9.17, 15) is 0 Å². The van der Waals surface area contributed by atoms with Crippen molar-refractivity contribution in [2.75, 3.05) is 41.3 Å². The number of hydrogen-bond donors (Lipinski definition) is 2. The number of benzene rings is 1. The van der Waals surface area contributed by atoms with Crippen LogP contribution in [-0.2, 0) is 0 Å². The molecule has 0 spiro atoms. The van der Waals surface area contributed by atoms with Gasteiger partial charge in [0.25, 0.3) is 0 Å². The third kappa shape index (κ3) is 5.64. The first-order valence-electron chi connectivity index (χ1n) is 11.5. The number of aromatic nitrogens is 2. The standard InChI is InChI=1S/C24H34N6S/c1-17-13-18(2)16-30(15-17)22-14-21(29-11-7-8-12-29)26-23(27-22)28-24(31)25-19(3)20-9-5-4-6-10-20/h4-6,9-10,14,17-19H,7-8,11-13,15-16H2,1-3H3,(H2,25,26,27,28,31)/t17-,18+,19-/m1/s1. The highest BCUT2D eigenvalue weighted by Crippen LogP contribution is 2.29. The summed E-state index contributed by atoms with van der Waals surface area (Å²) >= 11 is 5.60. The molecule has 1 aromatic heterocycles. The van der Waals surface area contributed by atoms with Crippen LogP contribution in [0.2, 0.25) is 0 Å². The molecular weight excluding hydrogens is 404 g/mol. The zero-order chi connectivity index (χ0) is 21.8. The molecule has 2 fully saturated rings. The minimum atomic E-state index is 0.103. The Morgan fingerprint density at radius 1 is 1.00 bits per heavy atom. The molecule has 2 N–H and O–H groups in total. The highest BCUT2D eigenvalue weighted by Gasteiger charge is 2.25. The van der Waals surface area contributed by atoms with Crippen molar-refractivity contribution in [3.05, 3.63) is 42.0 Å². The maximum Gasteiger partial charge on any atom is 0.232 e. The Kier molecular flexibility index (Phi) is 6.90. The molecule has 6 nitrogen and oxygen atoms in total. The first-order valence-corrected chi connectivity index (χ1v) is 11.9. The molecule has 3 heterocycles. The summed E-state index contributed by atoms with van der Waals surface area (Å²) in [5.74, 6) is 3.90. The van der Waals surface area contributed by atoms with E-state index in [1.165, 1.54) is 24.8 Å². The lowest BCUT2D eigenvalue weighted by molar-refractivity contribution is 0.355. The van der Waals surface area contributed by atoms with E-state index in [-0.39, 0.29) is 6.04 Å². The van der Waals surface area contributed by atoms with Crippen LogP contribution in [0.1, 0.15) is 51.6 Å². The normalized spacial score (nSPS) is 22.3. The highest BCUT2D eigenvalue weighted by molar-refractivity contribution is 7.80. The van der Waals surface area contributed by atoms with Crippen LogP contribution in [0.5, 0.6) is 0 Å². The summed E-state index contributed by atoms with van der Waals surface area (Å²) in [4.78, 5) is 14.5. The van der Waals surface area contributed by atoms with Crippen molar-refractivity contribution in [1.82, 2.24) is 15.3 Å². The lowest BCUT2D eigenvalue weighted by atomic mass is 9.92. The van der Waals surface area contributed by atoms with Crippen molar-refractivity contribution in [3.8, 4) is 0 Å². The van der Waals surface area contributed by atoms with Crippen LogP contribution in [0.25, 0.3) is 0 Å². The predicted octanol–water partition coefficient (Wildman–Crippen LogP) is 4.61. The summed E-state index contributed by atoms with van der Waals surface area (Å²) in [6.45, 7) is 10.9. The fraction of sp³-hybridized carbons (Fsp3) is 0.542. The molecule has 7 heteroatoms. The molecule has 0 amide bonds. The van der Waals surface area contributed by atoms with Gasteiger partial charge in [0, 0.05) is 32.2 Å². The Balaban J connectivity index is 1.53. The Morgan fingerprint density at radius 2 is 1.61 bits per heavy atom. The number of rotatable bonds is 5. The Bertz CT molecular complexity index is 873. The maximum atomic E-state index is 5.60. The Morgan fingerprint density at radius 3 is 2.26 bits per heavy atom. The fourth-order valence-corrected chi connectivity index (χ4v) is 5.03. The molecule has 2 saturated heterocycles. The Hall–Kier alpha value is -2.41. The molecule has 0 unspecified atom stereocenters. The number of thiocarbonyl (C=S) groups is 1. The van der Waals surface area contributed by atoms with Gasteiger partial charge >= 0.3 is 0 Å². The molecule has 31 heavy (non-hydrogen) atoms. The van der Waals surface area contributed by atoms with Gasteiger partial charge in [0.1, 0.15) is 11.6 Å². The van der Waals surface area contributed by atoms with Gasteiger partial charge in [0.05, 0.1) is 6.04 Å². The minimum Gasteiger partial charge on any atom is -0.356 e. The summed E-state index contributed by atoms with van der Waals surface area (Å²) in [6.07, 6.45) is 3.71. The third-order valence-electron chi connectivity index (χ3n) is 6.19. The van der Waals surface area contributed by atoms with E-state index in [0.29, 0.717) is 22.9 Å². The lowest BCUT2D eigenvalue weighted by Crippen LogP contribution is -2.39. The zero-order valence-electron chi connectivity index (χ0n) is 18.8. The van der Waals surface area contributed by atoms with Crippen molar-refractivity contribution in [1.29, 1.82) is 0 Å². The summed E-state index contributed by atoms with van der Waals surface area (Å²) in [7, 11) is 0. The molecule has 2 aliphatic rings. The van der Waals surface area contributed by atoms with E-state index in [1.807, 2.05) is 18.2 Å². The average Bonchev–Trinajstić information content (AvgIpc) is 3.28. The number of piperidine rings is 1. The van der Waals surface area contributed by atoms with Gasteiger partial charge in [-0.25, -0.2) is 0 Å². The largest absolute Gasteiger partial charge is 0.356 e. The topological polar surface area (TPSA) is 56.3 Å². The van der Waals surface area contributed by atoms with Gasteiger partial charge in [-0.05, 0) is 55.8 Å². The predicted molar refractivity (Wildman–Crippen MR) is 133 cm³/mol. The molecule has 0 radical (unpaired) electrons. The summed E-state index contributed by atoms with van der Waals surface area (Å²) < 4.78 is 0. The van der Waals surface area contributed by atoms with Crippen LogP contribution >= 0.6 is 12.2 Å². The van der Waals surface area contributed by atoms with E-state index in [0.717, 1.165) is 37.8 Å². The molecule has 166 valence electrons. The fourth-order valence-electron chi connectivity index (χ4n) is 4.76. The second kappa shape index (κ2) is 9.81. The van der Waals surface area contributed by atoms with Gasteiger partial charge in [0.2, 0.25) is 5.95 Å². The first-order chi connectivity index (χ1) is 15.0. The first kappa shape index (κ1) is 21.8. The molecule has 0 saturated carbocycles. The van der Waals surface area contributed by atoms with E-state index in [1.54, 1.807) is 0 Å². The molecule has 4 rings (SSSR count). The molecule has 0 bridgehead atoms. The SMILES string of the molecule is C[C@@H]1C[C@H](C)CN(c2cc(N3CCCC3)nc(NC(=S)N[C@H](C)c3ccccc3)n2)C1. The Labute approximate surface area is 191 Å². The van der Waals surface area contributed by atoms with Crippen LogP contribution in [0, 0.1) is 11.8 Å². The van der Waals surface area contributed by atoms with Gasteiger partial charge in [-0.15, -0.1) is 0 Å². The maximum absolute atomic E-state index is 5.60. The summed E-state index contributed by atoms with van der Waals surface area (Å²) in [6, 6.07) is 12.6. The summed E-state index contributed by atoms with van der Waals surface area (Å²) in [5.41, 5.74) is 1.19. The number of nitrogens with zero attached hydrogens (tertiary/aromatic N) is 4. The van der Waals surface area contributed by atoms with Crippen LogP contribution in [0.3, 0.4) is 0 Å². The average molecular weight is 439 g/mol. The molecule has 0 aliphatic carbocycles. The van der Waals surface area contributed by atoms with Crippen molar-refractivity contribution in [2.45, 2.75) is 46.1 Å². The van der Waals surface area contributed by atoms with Crippen molar-refractivity contribution < 1.29 is 0 Å². The van der Waals surface area contributed by atoms with Gasteiger partial charge in [-0.2, -0.15) is 9.97 Å². The smallest absolute Gasteiger partial charge is 0.232 e. The van der Waals surface area contributed by atoms with E-state index in [2.05, 4.69) is 59.4 Å². The molecule has 1 aromatic carbocycles. The van der Waals surface area contributed by atoms with Crippen LogP contribution in [-0.4, -0.2) is 41.3 Å². The second-order valence-corrected chi connectivity index (χ2v) is 9.59. The van der Waals surface area contributed by atoms with E-state index >= 15 is 0 Å². The number of nitrogens with one attached hydrogen (secondary N) is 2. The molecule has 3 atom stereocenters. The van der Waals surface area contributed by atoms with Crippen LogP contribution < -0.4 is 20.4 Å². The monoisotopic (exact) mass is 438 g/mol. The van der Waals surface area contributed by atoms with E-state index in [4.69, 9.17) is 22.2 Å². The third-order valence-corrected chi connectivity index (χ3v) is 6.41. The lowest BCUT2D eigenvalue weighted by Gasteiger charge is -2.36. The second-order valence-electron chi connectivity index (χ2n) is 9.18. The molecule has 2 aliphatic heterocycles. The highest BCUT2D eigenvalue weighted by atomic mass is 32.1. The summed E-state index contributed by atoms with van der Waals surface area (Å²) in [5, 5.41) is 7.16. The quantitative estimate of drug-likeness (QED) is 0.661. The van der Waals surface area contributed by atoms with Crippen molar-refractivity contribution in [2.24, 2.45) is 11.8 Å². The van der Waals surface area contributed by atoms with Gasteiger partial charge in [0.15, 0.2) is 5.11 Å².